The van der Waals surface area contributed by atoms with Crippen LogP contribution in [0.25, 0.3) is 0 Å². The lowest BCUT2D eigenvalue weighted by molar-refractivity contribution is 0.0522. The molecule has 0 amide bonds. The number of nitrogens with zero attached hydrogens (tertiary/aromatic N) is 1. The van der Waals surface area contributed by atoms with E-state index in [9.17, 15) is 0 Å². The van der Waals surface area contributed by atoms with E-state index in [0.29, 0.717) is 13.2 Å². The average molecular weight is 491 g/mol. The number of rotatable bonds is 8. The van der Waals surface area contributed by atoms with Gasteiger partial charge in [0.25, 0.3) is 0 Å². The Kier molecular flexibility index (Phi) is 11.0. The third kappa shape index (κ3) is 6.80. The number of methoxy groups -OCH3 is 2. The molecule has 154 valence electrons. The fraction of sp³-hybridized carbons (Fsp3) is 0.650. The van der Waals surface area contributed by atoms with Crippen LogP contribution in [-0.4, -0.2) is 59.6 Å². The average Bonchev–Trinajstić information content (AvgIpc) is 2.67. The number of hydrogen-bond acceptors (Lipinski definition) is 4. The fourth-order valence-electron chi connectivity index (χ4n) is 3.35. The van der Waals surface area contributed by atoms with Crippen molar-refractivity contribution in [1.82, 2.24) is 10.6 Å². The van der Waals surface area contributed by atoms with Gasteiger partial charge < -0.3 is 24.8 Å². The van der Waals surface area contributed by atoms with Crippen molar-refractivity contribution in [2.45, 2.75) is 32.1 Å². The first-order chi connectivity index (χ1) is 12.6. The van der Waals surface area contributed by atoms with Crippen LogP contribution in [0.1, 0.15) is 30.9 Å². The molecule has 1 fully saturated rings. The number of guanidine groups is 1. The Morgan fingerprint density at radius 1 is 1.22 bits per heavy atom. The summed E-state index contributed by atoms with van der Waals surface area (Å²) in [6.45, 7) is 8.58. The molecule has 6 nitrogen and oxygen atoms in total. The van der Waals surface area contributed by atoms with Crippen molar-refractivity contribution in [3.05, 3.63) is 29.3 Å². The molecule has 0 atom stereocenters. The highest BCUT2D eigenvalue weighted by Gasteiger charge is 2.37. The maximum absolute atomic E-state index is 5.68. The number of ether oxygens (including phenoxy) is 3. The van der Waals surface area contributed by atoms with E-state index in [1.54, 1.807) is 14.2 Å². The van der Waals surface area contributed by atoms with E-state index in [1.165, 1.54) is 11.1 Å². The molecule has 0 radical (unpaired) electrons. The lowest BCUT2D eigenvalue weighted by atomic mass is 9.73. The zero-order chi connectivity index (χ0) is 18.8. The first kappa shape index (κ1) is 24.0. The number of hydrogen-bond donors (Lipinski definition) is 2. The van der Waals surface area contributed by atoms with Crippen LogP contribution in [0, 0.1) is 6.92 Å². The second kappa shape index (κ2) is 12.4. The van der Waals surface area contributed by atoms with Gasteiger partial charge >= 0.3 is 0 Å². The van der Waals surface area contributed by atoms with Crippen LogP contribution in [0.3, 0.4) is 0 Å². The maximum atomic E-state index is 5.68. The summed E-state index contributed by atoms with van der Waals surface area (Å²) in [4.78, 5) is 4.89. The van der Waals surface area contributed by atoms with E-state index >= 15 is 0 Å². The predicted molar refractivity (Wildman–Crippen MR) is 121 cm³/mol. The second-order valence-electron chi connectivity index (χ2n) is 6.71. The molecule has 7 heteroatoms. The van der Waals surface area contributed by atoms with Gasteiger partial charge in [-0.05, 0) is 32.8 Å². The van der Waals surface area contributed by atoms with Gasteiger partial charge in [-0.3, -0.25) is 4.99 Å². The number of aryl methyl sites for hydroxylation is 1. The number of halogens is 1. The molecular formula is C20H34IN3O3. The molecule has 2 N–H and O–H groups in total. The minimum absolute atomic E-state index is 0. The summed E-state index contributed by atoms with van der Waals surface area (Å²) in [6, 6.07) is 6.40. The molecule has 0 unspecified atom stereocenters. The third-order valence-electron chi connectivity index (χ3n) is 4.86. The van der Waals surface area contributed by atoms with Crippen LogP contribution < -0.4 is 15.4 Å². The molecule has 0 saturated carbocycles. The Balaban J connectivity index is 0.00000364. The molecule has 0 bridgehead atoms. The summed E-state index contributed by atoms with van der Waals surface area (Å²) in [7, 11) is 3.44. The minimum Gasteiger partial charge on any atom is -0.496 e. The molecule has 0 spiro atoms. The quantitative estimate of drug-likeness (QED) is 0.254. The predicted octanol–water partition coefficient (Wildman–Crippen LogP) is 2.87. The normalized spacial score (nSPS) is 16.4. The van der Waals surface area contributed by atoms with Gasteiger partial charge in [-0.1, -0.05) is 17.7 Å². The van der Waals surface area contributed by atoms with Crippen LogP contribution in [0.4, 0.5) is 0 Å². The van der Waals surface area contributed by atoms with Crippen molar-refractivity contribution >= 4 is 29.9 Å². The minimum atomic E-state index is -0.0702. The van der Waals surface area contributed by atoms with Gasteiger partial charge in [-0.2, -0.15) is 0 Å². The highest BCUT2D eigenvalue weighted by molar-refractivity contribution is 14.0. The summed E-state index contributed by atoms with van der Waals surface area (Å²) in [6.07, 6.45) is 1.88. The second-order valence-corrected chi connectivity index (χ2v) is 6.71. The van der Waals surface area contributed by atoms with Crippen molar-refractivity contribution in [3.63, 3.8) is 0 Å². The van der Waals surface area contributed by atoms with Gasteiger partial charge in [0.2, 0.25) is 0 Å². The molecule has 27 heavy (non-hydrogen) atoms. The van der Waals surface area contributed by atoms with Gasteiger partial charge in [0.15, 0.2) is 5.96 Å². The van der Waals surface area contributed by atoms with Crippen molar-refractivity contribution in [2.75, 3.05) is 53.7 Å². The molecule has 1 aliphatic rings. The summed E-state index contributed by atoms with van der Waals surface area (Å²) in [5, 5.41) is 6.63. The zero-order valence-electron chi connectivity index (χ0n) is 17.0. The molecule has 0 aliphatic carbocycles. The van der Waals surface area contributed by atoms with E-state index in [-0.39, 0.29) is 29.4 Å². The van der Waals surface area contributed by atoms with E-state index in [4.69, 9.17) is 19.2 Å². The smallest absolute Gasteiger partial charge is 0.191 e. The van der Waals surface area contributed by atoms with Crippen molar-refractivity contribution in [2.24, 2.45) is 4.99 Å². The van der Waals surface area contributed by atoms with Crippen LogP contribution in [0.15, 0.2) is 23.2 Å². The Morgan fingerprint density at radius 3 is 2.59 bits per heavy atom. The van der Waals surface area contributed by atoms with Crippen LogP contribution >= 0.6 is 24.0 Å². The first-order valence-electron chi connectivity index (χ1n) is 9.39. The lowest BCUT2D eigenvalue weighted by Crippen LogP contribution is -2.42. The van der Waals surface area contributed by atoms with Gasteiger partial charge in [0.05, 0.1) is 20.3 Å². The van der Waals surface area contributed by atoms with Crippen LogP contribution in [-0.2, 0) is 14.9 Å². The molecule has 1 aliphatic heterocycles. The zero-order valence-corrected chi connectivity index (χ0v) is 19.3. The van der Waals surface area contributed by atoms with E-state index < -0.39 is 0 Å². The Hall–Kier alpha value is -1.06. The summed E-state index contributed by atoms with van der Waals surface area (Å²) in [5.74, 6) is 1.76. The summed E-state index contributed by atoms with van der Waals surface area (Å²) < 4.78 is 16.4. The fourth-order valence-corrected chi connectivity index (χ4v) is 3.35. The molecule has 1 aromatic carbocycles. The standard InChI is InChI=1S/C20H33N3O3.HI/c1-5-21-19(22-10-13-24-3)23-15-20(8-11-26-12-9-20)17-14-16(2)6-7-18(17)25-4;/h6-7,14H,5,8-13,15H2,1-4H3,(H2,21,22,23);1H. The van der Waals surface area contributed by atoms with Gasteiger partial charge in [0.1, 0.15) is 5.75 Å². The molecule has 1 saturated heterocycles. The molecule has 1 aromatic rings. The van der Waals surface area contributed by atoms with E-state index in [0.717, 1.165) is 50.9 Å². The first-order valence-corrected chi connectivity index (χ1v) is 9.39. The molecular weight excluding hydrogens is 457 g/mol. The topological polar surface area (TPSA) is 64.1 Å². The summed E-state index contributed by atoms with van der Waals surface area (Å²) in [5.41, 5.74) is 2.40. The van der Waals surface area contributed by atoms with Crippen molar-refractivity contribution in [1.29, 1.82) is 0 Å². The molecule has 1 heterocycles. The highest BCUT2D eigenvalue weighted by atomic mass is 127. The summed E-state index contributed by atoms with van der Waals surface area (Å²) >= 11 is 0. The van der Waals surface area contributed by atoms with Crippen LogP contribution in [0.2, 0.25) is 0 Å². The SMILES string of the molecule is CCNC(=NCC1(c2cc(C)ccc2OC)CCOCC1)NCCOC.I. The van der Waals surface area contributed by atoms with Crippen molar-refractivity contribution < 1.29 is 14.2 Å². The largest absolute Gasteiger partial charge is 0.496 e. The lowest BCUT2D eigenvalue weighted by Gasteiger charge is -2.37. The monoisotopic (exact) mass is 491 g/mol. The number of aliphatic imine (C=N–C) groups is 1. The van der Waals surface area contributed by atoms with E-state index in [2.05, 4.69) is 42.7 Å². The van der Waals surface area contributed by atoms with Gasteiger partial charge in [-0.25, -0.2) is 0 Å². The van der Waals surface area contributed by atoms with E-state index in [1.807, 2.05) is 0 Å². The van der Waals surface area contributed by atoms with Crippen molar-refractivity contribution in [3.8, 4) is 5.75 Å². The van der Waals surface area contributed by atoms with Crippen LogP contribution in [0.5, 0.6) is 5.75 Å². The molecule has 0 aromatic heterocycles. The van der Waals surface area contributed by atoms with Gasteiger partial charge in [0, 0.05) is 44.4 Å². The third-order valence-corrected chi connectivity index (χ3v) is 4.86. The number of benzene rings is 1. The Labute approximate surface area is 180 Å². The van der Waals surface area contributed by atoms with Gasteiger partial charge in [-0.15, -0.1) is 24.0 Å². The highest BCUT2D eigenvalue weighted by Crippen LogP contribution is 2.40. The Bertz CT molecular complexity index is 590. The maximum Gasteiger partial charge on any atom is 0.191 e. The number of nitrogens with one attached hydrogen (secondary N) is 2. The Morgan fingerprint density at radius 2 is 1.96 bits per heavy atom. The molecule has 2 rings (SSSR count).